The van der Waals surface area contributed by atoms with E-state index >= 15 is 0 Å². The van der Waals surface area contributed by atoms with Gasteiger partial charge in [-0.25, -0.2) is 9.78 Å². The summed E-state index contributed by atoms with van der Waals surface area (Å²) in [6.07, 6.45) is 1.62. The molecular weight excluding hydrogens is 372 g/mol. The predicted molar refractivity (Wildman–Crippen MR) is 112 cm³/mol. The summed E-state index contributed by atoms with van der Waals surface area (Å²) in [5.74, 6) is -0.870. The molecule has 3 aromatic rings. The molecule has 142 valence electrons. The van der Waals surface area contributed by atoms with Crippen molar-refractivity contribution < 1.29 is 14.3 Å². The highest BCUT2D eigenvalue weighted by Crippen LogP contribution is 2.27. The summed E-state index contributed by atoms with van der Waals surface area (Å²) in [4.78, 5) is 30.9. The van der Waals surface area contributed by atoms with Crippen LogP contribution in [0.2, 0.25) is 0 Å². The van der Waals surface area contributed by atoms with Gasteiger partial charge in [0.15, 0.2) is 11.7 Å². The molecule has 0 unspecified atom stereocenters. The van der Waals surface area contributed by atoms with E-state index in [4.69, 9.17) is 4.74 Å². The second-order valence-corrected chi connectivity index (χ2v) is 6.90. The minimum Gasteiger partial charge on any atom is -0.452 e. The molecular formula is C22H20N2O3S. The average molecular weight is 392 g/mol. The van der Waals surface area contributed by atoms with Crippen LogP contribution in [-0.4, -0.2) is 30.0 Å². The van der Waals surface area contributed by atoms with Crippen LogP contribution in [0.5, 0.6) is 0 Å². The molecule has 2 aromatic carbocycles. The highest BCUT2D eigenvalue weighted by atomic mass is 32.1. The van der Waals surface area contributed by atoms with Gasteiger partial charge in [-0.15, -0.1) is 17.9 Å². The summed E-state index contributed by atoms with van der Waals surface area (Å²) in [5, 5.41) is 2.43. The molecule has 0 aliphatic rings. The van der Waals surface area contributed by atoms with E-state index < -0.39 is 5.97 Å². The van der Waals surface area contributed by atoms with E-state index in [1.807, 2.05) is 54.8 Å². The van der Waals surface area contributed by atoms with Gasteiger partial charge in [0.25, 0.3) is 5.91 Å². The first-order valence-corrected chi connectivity index (χ1v) is 9.63. The third-order valence-electron chi connectivity index (χ3n) is 4.10. The van der Waals surface area contributed by atoms with Crippen molar-refractivity contribution in [2.75, 3.05) is 18.1 Å². The fourth-order valence-corrected chi connectivity index (χ4v) is 3.49. The van der Waals surface area contributed by atoms with E-state index in [-0.39, 0.29) is 19.1 Å². The Kier molecular flexibility index (Phi) is 6.34. The average Bonchev–Trinajstić information content (AvgIpc) is 3.21. The lowest BCUT2D eigenvalue weighted by molar-refractivity contribution is -0.121. The smallest absolute Gasteiger partial charge is 0.338 e. The highest BCUT2D eigenvalue weighted by molar-refractivity contribution is 7.14. The van der Waals surface area contributed by atoms with Gasteiger partial charge in [0.2, 0.25) is 0 Å². The molecule has 3 rings (SSSR count). The van der Waals surface area contributed by atoms with Crippen LogP contribution >= 0.6 is 11.3 Å². The maximum Gasteiger partial charge on any atom is 0.338 e. The minimum atomic E-state index is -0.519. The molecule has 0 N–H and O–H groups in total. The van der Waals surface area contributed by atoms with Crippen molar-refractivity contribution in [1.82, 2.24) is 4.98 Å². The van der Waals surface area contributed by atoms with Crippen LogP contribution in [0.15, 0.2) is 72.6 Å². The zero-order valence-corrected chi connectivity index (χ0v) is 16.3. The van der Waals surface area contributed by atoms with Gasteiger partial charge in [-0.1, -0.05) is 54.6 Å². The van der Waals surface area contributed by atoms with Crippen molar-refractivity contribution in [3.63, 3.8) is 0 Å². The molecule has 5 nitrogen and oxygen atoms in total. The number of benzene rings is 2. The second-order valence-electron chi connectivity index (χ2n) is 6.07. The second kappa shape index (κ2) is 9.10. The van der Waals surface area contributed by atoms with Crippen molar-refractivity contribution in [3.8, 4) is 11.3 Å². The molecule has 0 spiro atoms. The highest BCUT2D eigenvalue weighted by Gasteiger charge is 2.20. The van der Waals surface area contributed by atoms with Crippen LogP contribution in [0, 0.1) is 6.92 Å². The third-order valence-corrected chi connectivity index (χ3v) is 4.96. The van der Waals surface area contributed by atoms with E-state index in [1.165, 1.54) is 16.2 Å². The molecule has 0 radical (unpaired) electrons. The molecule has 0 fully saturated rings. The van der Waals surface area contributed by atoms with Gasteiger partial charge in [-0.2, -0.15) is 0 Å². The van der Waals surface area contributed by atoms with Gasteiger partial charge in [-0.05, 0) is 18.6 Å². The van der Waals surface area contributed by atoms with Crippen molar-refractivity contribution >= 4 is 28.3 Å². The molecule has 0 aliphatic heterocycles. The van der Waals surface area contributed by atoms with Crippen LogP contribution in [0.1, 0.15) is 15.9 Å². The first kappa shape index (κ1) is 19.5. The number of anilines is 1. The zero-order valence-electron chi connectivity index (χ0n) is 15.5. The first-order valence-electron chi connectivity index (χ1n) is 8.75. The van der Waals surface area contributed by atoms with E-state index in [9.17, 15) is 9.59 Å². The van der Waals surface area contributed by atoms with Crippen molar-refractivity contribution in [1.29, 1.82) is 0 Å². The Hall–Kier alpha value is -3.25. The molecule has 0 aliphatic carbocycles. The van der Waals surface area contributed by atoms with Gasteiger partial charge in [0.1, 0.15) is 0 Å². The molecule has 1 amide bonds. The summed E-state index contributed by atoms with van der Waals surface area (Å²) in [5.41, 5.74) is 3.02. The predicted octanol–water partition coefficient (Wildman–Crippen LogP) is 4.49. The number of hydrogen-bond acceptors (Lipinski definition) is 5. The Morgan fingerprint density at radius 2 is 1.86 bits per heavy atom. The number of nitrogens with zero attached hydrogens (tertiary/aromatic N) is 2. The standard InChI is InChI=1S/C22H20N2O3S/c1-3-13-24(22-23-19(15-28-22)17-10-5-4-6-11-17)20(25)14-27-21(26)18-12-8-7-9-16(18)2/h3-12,15H,1,13-14H2,2H3. The van der Waals surface area contributed by atoms with Gasteiger partial charge < -0.3 is 4.74 Å². The number of carbonyl (C=O) groups excluding carboxylic acids is 2. The Morgan fingerprint density at radius 3 is 2.57 bits per heavy atom. The maximum absolute atomic E-state index is 12.7. The SMILES string of the molecule is C=CCN(C(=O)COC(=O)c1ccccc1C)c1nc(-c2ccccc2)cs1. The molecule has 1 heterocycles. The number of hydrogen-bond donors (Lipinski definition) is 0. The van der Waals surface area contributed by atoms with E-state index in [2.05, 4.69) is 11.6 Å². The maximum atomic E-state index is 12.7. The normalized spacial score (nSPS) is 10.3. The van der Waals surface area contributed by atoms with Crippen molar-refractivity contribution in [2.24, 2.45) is 0 Å². The van der Waals surface area contributed by atoms with Crippen LogP contribution in [0.4, 0.5) is 5.13 Å². The fourth-order valence-electron chi connectivity index (χ4n) is 2.63. The Labute approximate surface area is 167 Å². The molecule has 6 heteroatoms. The molecule has 0 bridgehead atoms. The summed E-state index contributed by atoms with van der Waals surface area (Å²) in [7, 11) is 0. The summed E-state index contributed by atoms with van der Waals surface area (Å²) >= 11 is 1.36. The number of thiazole rings is 1. The fraction of sp³-hybridized carbons (Fsp3) is 0.136. The van der Waals surface area contributed by atoms with Crippen LogP contribution in [0.3, 0.4) is 0 Å². The van der Waals surface area contributed by atoms with Crippen LogP contribution in [0.25, 0.3) is 11.3 Å². The number of carbonyl (C=O) groups is 2. The van der Waals surface area contributed by atoms with Gasteiger partial charge in [-0.3, -0.25) is 9.69 Å². The number of aromatic nitrogens is 1. The van der Waals surface area contributed by atoms with Gasteiger partial charge in [0, 0.05) is 17.5 Å². The Balaban J connectivity index is 1.71. The molecule has 0 saturated carbocycles. The van der Waals surface area contributed by atoms with Crippen LogP contribution in [-0.2, 0) is 9.53 Å². The molecule has 0 saturated heterocycles. The monoisotopic (exact) mass is 392 g/mol. The Morgan fingerprint density at radius 1 is 1.14 bits per heavy atom. The number of esters is 1. The van der Waals surface area contributed by atoms with Gasteiger partial charge in [0.05, 0.1) is 11.3 Å². The van der Waals surface area contributed by atoms with Crippen molar-refractivity contribution in [3.05, 3.63) is 83.8 Å². The van der Waals surface area contributed by atoms with Crippen molar-refractivity contribution in [2.45, 2.75) is 6.92 Å². The quantitative estimate of drug-likeness (QED) is 0.439. The van der Waals surface area contributed by atoms with Crippen LogP contribution < -0.4 is 4.90 Å². The third kappa shape index (κ3) is 4.53. The number of ether oxygens (including phenoxy) is 1. The lowest BCUT2D eigenvalue weighted by atomic mass is 10.1. The first-order chi connectivity index (χ1) is 13.6. The van der Waals surface area contributed by atoms with E-state index in [0.29, 0.717) is 10.7 Å². The zero-order chi connectivity index (χ0) is 19.9. The number of rotatable bonds is 7. The van der Waals surface area contributed by atoms with E-state index in [0.717, 1.165) is 16.8 Å². The van der Waals surface area contributed by atoms with E-state index in [1.54, 1.807) is 18.2 Å². The summed E-state index contributed by atoms with van der Waals surface area (Å²) < 4.78 is 5.22. The topological polar surface area (TPSA) is 59.5 Å². The number of aryl methyl sites for hydroxylation is 1. The molecule has 1 aromatic heterocycles. The summed E-state index contributed by atoms with van der Waals surface area (Å²) in [6, 6.07) is 16.8. The summed E-state index contributed by atoms with van der Waals surface area (Å²) in [6.45, 7) is 5.45. The lowest BCUT2D eigenvalue weighted by Crippen LogP contribution is -2.35. The number of amides is 1. The minimum absolute atomic E-state index is 0.280. The van der Waals surface area contributed by atoms with Gasteiger partial charge >= 0.3 is 5.97 Å². The molecule has 0 atom stereocenters. The lowest BCUT2D eigenvalue weighted by Gasteiger charge is -2.18. The Bertz CT molecular complexity index is 982. The molecule has 28 heavy (non-hydrogen) atoms. The largest absolute Gasteiger partial charge is 0.452 e.